The number of fused-ring (bicyclic) bond motifs is 21. The maximum atomic E-state index is 6.72. The summed E-state index contributed by atoms with van der Waals surface area (Å²) < 4.78 is 15.9. The topological polar surface area (TPSA) is 21.7 Å². The molecule has 2 aliphatic heterocycles. The van der Waals surface area contributed by atoms with Crippen molar-refractivity contribution >= 4 is 48.6 Å². The lowest BCUT2D eigenvalue weighted by Gasteiger charge is -2.40. The molecule has 10 aromatic carbocycles. The first-order chi connectivity index (χ1) is 32.7. The minimum atomic E-state index is -0.596. The summed E-state index contributed by atoms with van der Waals surface area (Å²) in [6.07, 6.45) is 0. The number of para-hydroxylation sites is 4. The first-order valence-corrected chi connectivity index (χ1v) is 23.5. The Morgan fingerprint density at radius 2 is 0.697 bits per heavy atom. The highest BCUT2D eigenvalue weighted by atomic mass is 32.1. The van der Waals surface area contributed by atoms with Gasteiger partial charge in [-0.3, -0.25) is 0 Å². The molecule has 4 heteroatoms. The molecule has 15 rings (SSSR count). The Labute approximate surface area is 386 Å². The van der Waals surface area contributed by atoms with Crippen LogP contribution < -0.4 is 14.4 Å². The van der Waals surface area contributed by atoms with Crippen molar-refractivity contribution in [3.8, 4) is 45.3 Å². The van der Waals surface area contributed by atoms with Gasteiger partial charge in [-0.1, -0.05) is 158 Å². The van der Waals surface area contributed by atoms with Gasteiger partial charge in [-0.15, -0.1) is 11.3 Å². The Balaban J connectivity index is 1.01. The van der Waals surface area contributed by atoms with Gasteiger partial charge in [0.15, 0.2) is 0 Å². The third-order valence-corrected chi connectivity index (χ3v) is 15.9. The lowest BCUT2D eigenvalue weighted by Crippen LogP contribution is -2.32. The summed E-state index contributed by atoms with van der Waals surface area (Å²) in [5.41, 5.74) is 16.8. The Hall–Kier alpha value is -8.18. The molecule has 0 saturated heterocycles. The van der Waals surface area contributed by atoms with Crippen LogP contribution >= 0.6 is 11.3 Å². The lowest BCUT2D eigenvalue weighted by atomic mass is 9.66. The third-order valence-electron chi connectivity index (χ3n) is 14.8. The van der Waals surface area contributed by atoms with Crippen LogP contribution in [0.2, 0.25) is 0 Å². The molecule has 0 unspecified atom stereocenters. The molecule has 0 N–H and O–H groups in total. The summed E-state index contributed by atoms with van der Waals surface area (Å²) >= 11 is 1.86. The molecule has 3 heterocycles. The number of hydrogen-bond acceptors (Lipinski definition) is 4. The van der Waals surface area contributed by atoms with Crippen LogP contribution in [-0.4, -0.2) is 0 Å². The van der Waals surface area contributed by atoms with Crippen LogP contribution in [0.15, 0.2) is 224 Å². The van der Waals surface area contributed by atoms with Crippen molar-refractivity contribution in [2.75, 3.05) is 4.90 Å². The molecule has 2 aliphatic carbocycles. The fraction of sp³-hybridized carbons (Fsp3) is 0.0323. The van der Waals surface area contributed by atoms with E-state index in [9.17, 15) is 0 Å². The van der Waals surface area contributed by atoms with E-state index in [0.717, 1.165) is 62.3 Å². The standard InChI is InChI=1S/C62H37NO2S/c1-4-18-47-41(15-1)43-32-29-39(36-54(43)62(47)52-22-8-12-26-57(52)65-58-27-13-9-23-53(58)62)63(40-30-33-45-44-17-3-14-28-59(44)66-60(45)37-40)38-31-34-49-46(35-38)42-16-2-5-19-48(42)61(49)50-20-6-10-24-55(50)64-56-25-11-7-21-51(56)61/h1-37H. The first-order valence-electron chi connectivity index (χ1n) is 22.7. The van der Waals surface area contributed by atoms with Gasteiger partial charge in [0.1, 0.15) is 23.0 Å². The highest BCUT2D eigenvalue weighted by molar-refractivity contribution is 7.25. The van der Waals surface area contributed by atoms with E-state index < -0.39 is 10.8 Å². The molecular formula is C62H37NO2S. The van der Waals surface area contributed by atoms with E-state index in [4.69, 9.17) is 9.47 Å². The molecule has 0 saturated carbocycles. The minimum Gasteiger partial charge on any atom is -0.457 e. The molecule has 0 radical (unpaired) electrons. The number of rotatable bonds is 3. The predicted octanol–water partition coefficient (Wildman–Crippen LogP) is 16.5. The van der Waals surface area contributed by atoms with Crippen molar-refractivity contribution in [1.29, 1.82) is 0 Å². The van der Waals surface area contributed by atoms with Gasteiger partial charge >= 0.3 is 0 Å². The summed E-state index contributed by atoms with van der Waals surface area (Å²) in [5.74, 6) is 3.56. The maximum absolute atomic E-state index is 6.72. The zero-order valence-corrected chi connectivity index (χ0v) is 36.4. The van der Waals surface area contributed by atoms with Crippen LogP contribution in [0.3, 0.4) is 0 Å². The molecule has 11 aromatic rings. The molecule has 3 nitrogen and oxygen atoms in total. The number of nitrogens with zero attached hydrogens (tertiary/aromatic N) is 1. The number of benzene rings is 10. The van der Waals surface area contributed by atoms with Crippen LogP contribution in [0, 0.1) is 0 Å². The van der Waals surface area contributed by atoms with Crippen molar-refractivity contribution in [1.82, 2.24) is 0 Å². The summed E-state index contributed by atoms with van der Waals surface area (Å²) in [5, 5.41) is 2.57. The Morgan fingerprint density at radius 1 is 0.288 bits per heavy atom. The van der Waals surface area contributed by atoms with E-state index in [1.807, 2.05) is 11.3 Å². The van der Waals surface area contributed by atoms with Gasteiger partial charge in [0.2, 0.25) is 0 Å². The van der Waals surface area contributed by atoms with Gasteiger partial charge in [0.05, 0.1) is 10.8 Å². The Morgan fingerprint density at radius 3 is 1.32 bits per heavy atom. The molecule has 2 spiro atoms. The van der Waals surface area contributed by atoms with Crippen molar-refractivity contribution in [3.63, 3.8) is 0 Å². The fourth-order valence-corrected chi connectivity index (χ4v) is 13.4. The van der Waals surface area contributed by atoms with Crippen molar-refractivity contribution < 1.29 is 9.47 Å². The van der Waals surface area contributed by atoms with E-state index in [-0.39, 0.29) is 0 Å². The summed E-state index contributed by atoms with van der Waals surface area (Å²) in [6, 6.07) is 82.5. The van der Waals surface area contributed by atoms with Crippen LogP contribution in [-0.2, 0) is 10.8 Å². The summed E-state index contributed by atoms with van der Waals surface area (Å²) in [6.45, 7) is 0. The Kier molecular flexibility index (Phi) is 7.24. The van der Waals surface area contributed by atoms with Crippen LogP contribution in [0.25, 0.3) is 42.4 Å². The maximum Gasteiger partial charge on any atom is 0.132 e. The normalized spacial score (nSPS) is 14.5. The van der Waals surface area contributed by atoms with E-state index in [2.05, 4.69) is 229 Å². The second-order valence-corrected chi connectivity index (χ2v) is 18.9. The molecule has 0 bridgehead atoms. The second kappa shape index (κ2) is 13.2. The Bertz CT molecular complexity index is 3790. The SMILES string of the molecule is c1ccc2c(c1)Oc1ccccc1C21c2ccccc2-c2cc(N(c3ccc4c(c3)C3(c5ccccc5Oc5ccccc53)c3ccccc3-4)c3ccc4c(c3)sc3ccccc34)ccc21. The molecule has 0 fully saturated rings. The zero-order valence-electron chi connectivity index (χ0n) is 35.5. The molecule has 0 atom stereocenters. The molecule has 0 amide bonds. The third kappa shape index (κ3) is 4.56. The average molecular weight is 860 g/mol. The molecule has 66 heavy (non-hydrogen) atoms. The van der Waals surface area contributed by atoms with Crippen molar-refractivity contribution in [3.05, 3.63) is 269 Å². The van der Waals surface area contributed by atoms with Gasteiger partial charge in [-0.2, -0.15) is 0 Å². The van der Waals surface area contributed by atoms with Gasteiger partial charge in [0, 0.05) is 59.5 Å². The van der Waals surface area contributed by atoms with Gasteiger partial charge < -0.3 is 14.4 Å². The molecular weight excluding hydrogens is 823 g/mol. The van der Waals surface area contributed by atoms with Gasteiger partial charge in [0.25, 0.3) is 0 Å². The number of hydrogen-bond donors (Lipinski definition) is 0. The monoisotopic (exact) mass is 859 g/mol. The zero-order chi connectivity index (χ0) is 43.1. The predicted molar refractivity (Wildman–Crippen MR) is 269 cm³/mol. The second-order valence-electron chi connectivity index (χ2n) is 17.9. The first kappa shape index (κ1) is 36.2. The van der Waals surface area contributed by atoms with Crippen LogP contribution in [0.1, 0.15) is 44.5 Å². The highest BCUT2D eigenvalue weighted by Gasteiger charge is 2.53. The fourth-order valence-electron chi connectivity index (χ4n) is 12.3. The number of thiophene rings is 1. The molecule has 1 aromatic heterocycles. The lowest BCUT2D eigenvalue weighted by molar-refractivity contribution is 0.436. The van der Waals surface area contributed by atoms with Gasteiger partial charge in [-0.25, -0.2) is 0 Å². The average Bonchev–Trinajstić information content (AvgIpc) is 3.99. The van der Waals surface area contributed by atoms with Crippen molar-refractivity contribution in [2.45, 2.75) is 10.8 Å². The molecule has 308 valence electrons. The van der Waals surface area contributed by atoms with E-state index in [1.165, 1.54) is 64.7 Å². The van der Waals surface area contributed by atoms with E-state index in [1.54, 1.807) is 0 Å². The number of ether oxygens (including phenoxy) is 2. The number of anilines is 3. The molecule has 4 aliphatic rings. The quantitative estimate of drug-likeness (QED) is 0.177. The van der Waals surface area contributed by atoms with Crippen LogP contribution in [0.4, 0.5) is 17.1 Å². The van der Waals surface area contributed by atoms with Crippen LogP contribution in [0.5, 0.6) is 23.0 Å². The summed E-state index contributed by atoms with van der Waals surface area (Å²) in [7, 11) is 0. The minimum absolute atomic E-state index is 0.549. The largest absolute Gasteiger partial charge is 0.457 e. The van der Waals surface area contributed by atoms with Crippen molar-refractivity contribution in [2.24, 2.45) is 0 Å². The van der Waals surface area contributed by atoms with E-state index in [0.29, 0.717) is 0 Å². The van der Waals surface area contributed by atoms with Gasteiger partial charge in [-0.05, 0) is 111 Å². The summed E-state index contributed by atoms with van der Waals surface area (Å²) in [4.78, 5) is 2.48. The smallest absolute Gasteiger partial charge is 0.132 e. The van der Waals surface area contributed by atoms with E-state index >= 15 is 0 Å². The highest BCUT2D eigenvalue weighted by Crippen LogP contribution is 2.65.